The van der Waals surface area contributed by atoms with Gasteiger partial charge in [0, 0.05) is 21.5 Å². The van der Waals surface area contributed by atoms with E-state index >= 15 is 0 Å². The predicted molar refractivity (Wildman–Crippen MR) is 180 cm³/mol. The summed E-state index contributed by atoms with van der Waals surface area (Å²) in [5.41, 5.74) is 5.31. The van der Waals surface area contributed by atoms with Crippen molar-refractivity contribution in [3.05, 3.63) is 72.8 Å². The van der Waals surface area contributed by atoms with Crippen LogP contribution >= 0.6 is 24.4 Å². The van der Waals surface area contributed by atoms with Crippen LogP contribution in [0.3, 0.4) is 0 Å². The van der Waals surface area contributed by atoms with Gasteiger partial charge in [0.1, 0.15) is 37.3 Å². The number of hydrogen-bond donors (Lipinski definition) is 2. The van der Waals surface area contributed by atoms with Crippen LogP contribution in [0, 0.1) is 0 Å². The molecular formula is C28H19N5Na4O16S5. The van der Waals surface area contributed by atoms with Crippen LogP contribution in [0.25, 0.3) is 21.5 Å². The Morgan fingerprint density at radius 1 is 0.690 bits per heavy atom. The van der Waals surface area contributed by atoms with Crippen LogP contribution in [0.5, 0.6) is 5.75 Å². The molecule has 5 aromatic carbocycles. The zero-order valence-electron chi connectivity index (χ0n) is 30.3. The Hall–Kier alpha value is -0.390. The first-order valence-electron chi connectivity index (χ1n) is 14.2. The second kappa shape index (κ2) is 24.5. The van der Waals surface area contributed by atoms with Crippen molar-refractivity contribution >= 4 is 104 Å². The van der Waals surface area contributed by atoms with Gasteiger partial charge < -0.3 is 30.5 Å². The number of benzene rings is 5. The zero-order valence-corrected chi connectivity index (χ0v) is 42.4. The molecule has 58 heavy (non-hydrogen) atoms. The van der Waals surface area contributed by atoms with Crippen molar-refractivity contribution in [1.82, 2.24) is 0 Å². The molecule has 0 saturated heterocycles. The second-order valence-electron chi connectivity index (χ2n) is 10.3. The predicted octanol–water partition coefficient (Wildman–Crippen LogP) is -8.26. The maximum absolute atomic E-state index is 12.6. The molecule has 0 spiro atoms. The van der Waals surface area contributed by atoms with Gasteiger partial charge in [-0.15, -0.1) is 19.7 Å². The first-order chi connectivity index (χ1) is 25.6. The minimum Gasteiger partial charge on any atom is -0.744 e. The summed E-state index contributed by atoms with van der Waals surface area (Å²) >= 11 is 0.397. The van der Waals surface area contributed by atoms with Crippen molar-refractivity contribution in [3.63, 3.8) is 0 Å². The molecule has 5 aromatic rings. The number of phenolic OH excluding ortho intramolecular Hbond substituents is 1. The van der Waals surface area contributed by atoms with E-state index in [1.807, 2.05) is 0 Å². The summed E-state index contributed by atoms with van der Waals surface area (Å²) < 4.78 is 111. The molecule has 0 radical (unpaired) electrons. The second-order valence-corrected chi connectivity index (χ2v) is 16.3. The van der Waals surface area contributed by atoms with E-state index in [4.69, 9.17) is 9.92 Å². The summed E-state index contributed by atoms with van der Waals surface area (Å²) in [6.07, 6.45) is 0. The van der Waals surface area contributed by atoms with Gasteiger partial charge in [-0.3, -0.25) is 14.3 Å². The Kier molecular flexibility index (Phi) is 23.5. The molecule has 0 amide bonds. The number of nitrogen functional groups attached to an aromatic ring is 1. The van der Waals surface area contributed by atoms with Crippen LogP contribution in [0.4, 0.5) is 28.4 Å². The smallest absolute Gasteiger partial charge is 0.744 e. The molecule has 0 heterocycles. The standard InChI is InChI=1S/C28H23N5O16S5.4Na/c29-21-10-8-18-20(25(21)32-30-15-4-6-16(7-5-15)52(37,38)13-12-45-51-49-47-36)14-23(50-48-46-35)26(27(18)34)33-31-22-11-9-17-19(28(22)54(42,43)44)2-1-3-24(17)53(39,40)41;;;;/h1-11,14,34-36H,12-13,29H2,(H,39,40,41)(H,42,43,44);;;;/q;4*+1/p-4. The van der Waals surface area contributed by atoms with Crippen molar-refractivity contribution in [2.75, 3.05) is 18.1 Å². The molecule has 0 saturated carbocycles. The van der Waals surface area contributed by atoms with Gasteiger partial charge >= 0.3 is 118 Å². The molecule has 21 nitrogen and oxygen atoms in total. The fourth-order valence-corrected chi connectivity index (χ4v) is 8.25. The molecule has 0 atom stereocenters. The van der Waals surface area contributed by atoms with Gasteiger partial charge in [-0.1, -0.05) is 18.2 Å². The summed E-state index contributed by atoms with van der Waals surface area (Å²) in [6, 6.07) is 14.2. The molecule has 0 bridgehead atoms. The van der Waals surface area contributed by atoms with Gasteiger partial charge in [-0.25, -0.2) is 25.3 Å². The number of aromatic hydroxyl groups is 1. The SMILES string of the molecule is Nc1ccc2c(O)c(N=Nc3ccc4c(S(=O)(=O)[O-])cccc4c3S(=O)(=O)[O-])c(SOO[O-])cc2c1N=Nc1ccc(S(=O)(=O)CCOSOO[O-])cc1.[Na+].[Na+].[Na+].[Na+]. The van der Waals surface area contributed by atoms with Crippen LogP contribution in [0.2, 0.25) is 0 Å². The van der Waals surface area contributed by atoms with E-state index in [-0.39, 0.29) is 192 Å². The molecule has 0 aromatic heterocycles. The van der Waals surface area contributed by atoms with Crippen molar-refractivity contribution < 1.29 is 191 Å². The van der Waals surface area contributed by atoms with Gasteiger partial charge in [0.25, 0.3) is 0 Å². The molecule has 30 heteroatoms. The first-order valence-corrected chi connectivity index (χ1v) is 20.0. The van der Waals surface area contributed by atoms with E-state index in [0.717, 1.165) is 30.3 Å². The minimum atomic E-state index is -5.40. The third kappa shape index (κ3) is 13.8. The number of nitrogens with two attached hydrogens (primary N) is 1. The summed E-state index contributed by atoms with van der Waals surface area (Å²) in [5.74, 6) is -1.10. The van der Waals surface area contributed by atoms with Crippen LogP contribution in [-0.2, 0) is 53.0 Å². The molecule has 0 aliphatic rings. The number of rotatable bonds is 16. The topological polar surface area (TPSA) is 336 Å². The maximum atomic E-state index is 12.6. The molecule has 0 aliphatic carbocycles. The van der Waals surface area contributed by atoms with Gasteiger partial charge in [0.2, 0.25) is 0 Å². The monoisotopic (exact) mass is 933 g/mol. The Labute approximate surface area is 426 Å². The van der Waals surface area contributed by atoms with Crippen LogP contribution in [0.15, 0.2) is 113 Å². The quantitative estimate of drug-likeness (QED) is 0.0136. The molecule has 286 valence electrons. The van der Waals surface area contributed by atoms with E-state index in [1.165, 1.54) is 42.5 Å². The van der Waals surface area contributed by atoms with Gasteiger partial charge in [0.05, 0.1) is 55.4 Å². The maximum Gasteiger partial charge on any atom is 1.00 e. The molecule has 0 aliphatic heterocycles. The summed E-state index contributed by atoms with van der Waals surface area (Å²) in [6.45, 7) is -0.328. The Morgan fingerprint density at radius 3 is 1.95 bits per heavy atom. The normalized spacial score (nSPS) is 11.9. The summed E-state index contributed by atoms with van der Waals surface area (Å²) in [7, 11) is -14.3. The number of nitrogens with zero attached hydrogens (tertiary/aromatic N) is 4. The number of hydrogen-bond acceptors (Lipinski definition) is 23. The number of sulfone groups is 1. The summed E-state index contributed by atoms with van der Waals surface area (Å²) in [4.78, 5) is -2.07. The van der Waals surface area contributed by atoms with Crippen molar-refractivity contribution in [2.24, 2.45) is 20.5 Å². The third-order valence-corrected chi connectivity index (χ3v) is 11.6. The Bertz CT molecular complexity index is 2630. The van der Waals surface area contributed by atoms with Gasteiger partial charge in [-0.05, 0) is 54.6 Å². The fraction of sp³-hybridized carbons (Fsp3) is 0.0714. The number of anilines is 1. The van der Waals surface area contributed by atoms with Crippen molar-refractivity contribution in [3.8, 4) is 5.75 Å². The van der Waals surface area contributed by atoms with Gasteiger partial charge in [0.15, 0.2) is 27.9 Å². The van der Waals surface area contributed by atoms with E-state index < -0.39 is 68.1 Å². The summed E-state index contributed by atoms with van der Waals surface area (Å²) in [5, 5.41) is 53.6. The average molecular weight is 934 g/mol. The molecule has 0 unspecified atom stereocenters. The molecular weight excluding hydrogens is 915 g/mol. The van der Waals surface area contributed by atoms with Crippen LogP contribution in [-0.4, -0.2) is 51.8 Å². The zero-order chi connectivity index (χ0) is 39.3. The first kappa shape index (κ1) is 55.6. The van der Waals surface area contributed by atoms with Crippen molar-refractivity contribution in [1.29, 1.82) is 0 Å². The number of phenols is 1. The van der Waals surface area contributed by atoms with E-state index in [0.29, 0.717) is 0 Å². The molecule has 3 N–H and O–H groups in total. The average Bonchev–Trinajstić information content (AvgIpc) is 3.11. The number of fused-ring (bicyclic) bond motifs is 2. The van der Waals surface area contributed by atoms with Crippen molar-refractivity contribution in [2.45, 2.75) is 19.6 Å². The van der Waals surface area contributed by atoms with E-state index in [2.05, 4.69) is 39.2 Å². The Balaban J connectivity index is 0.00000420. The van der Waals surface area contributed by atoms with Gasteiger partial charge in [-0.2, -0.15) is 9.45 Å². The third-order valence-electron chi connectivity index (χ3n) is 7.12. The van der Waals surface area contributed by atoms with Crippen LogP contribution in [0.1, 0.15) is 0 Å². The molecule has 0 fully saturated rings. The largest absolute Gasteiger partial charge is 1.00 e. The number of azo groups is 2. The Morgan fingerprint density at radius 2 is 1.33 bits per heavy atom. The van der Waals surface area contributed by atoms with E-state index in [1.54, 1.807) is 0 Å². The fourth-order valence-electron chi connectivity index (χ4n) is 4.85. The van der Waals surface area contributed by atoms with Crippen LogP contribution < -0.4 is 134 Å². The van der Waals surface area contributed by atoms with E-state index in [9.17, 15) is 50.0 Å². The minimum absolute atomic E-state index is 0. The molecule has 5 rings (SSSR count).